The van der Waals surface area contributed by atoms with Crippen LogP contribution in [0.25, 0.3) is 0 Å². The highest BCUT2D eigenvalue weighted by atomic mass is 16.5. The van der Waals surface area contributed by atoms with Crippen molar-refractivity contribution < 1.29 is 23.8 Å². The van der Waals surface area contributed by atoms with Crippen LogP contribution < -0.4 is 0 Å². The second-order valence-electron chi connectivity index (χ2n) is 4.73. The van der Waals surface area contributed by atoms with Gasteiger partial charge in [0.15, 0.2) is 0 Å². The molecule has 0 aromatic carbocycles. The van der Waals surface area contributed by atoms with Crippen LogP contribution in [0.4, 0.5) is 0 Å². The van der Waals surface area contributed by atoms with Crippen LogP contribution in [0.5, 0.6) is 0 Å². The van der Waals surface area contributed by atoms with Crippen molar-refractivity contribution in [2.24, 2.45) is 0 Å². The summed E-state index contributed by atoms with van der Waals surface area (Å²) < 4.78 is 15.3. The molecule has 1 amide bonds. The molecule has 1 rings (SSSR count). The average Bonchev–Trinajstić information content (AvgIpc) is 2.96. The van der Waals surface area contributed by atoms with Crippen LogP contribution in [0.15, 0.2) is 0 Å². The van der Waals surface area contributed by atoms with Crippen LogP contribution in [0.1, 0.15) is 32.6 Å². The van der Waals surface area contributed by atoms with Crippen LogP contribution >= 0.6 is 0 Å². The molecule has 116 valence electrons. The smallest absolute Gasteiger partial charge is 0.307 e. The Balaban J connectivity index is 2.45. The topological polar surface area (TPSA) is 65.1 Å². The van der Waals surface area contributed by atoms with Gasteiger partial charge < -0.3 is 19.1 Å². The summed E-state index contributed by atoms with van der Waals surface area (Å²) in [6.07, 6.45) is 2.30. The third kappa shape index (κ3) is 5.88. The zero-order chi connectivity index (χ0) is 14.8. The summed E-state index contributed by atoms with van der Waals surface area (Å²) in [6.45, 7) is 4.32. The summed E-state index contributed by atoms with van der Waals surface area (Å²) >= 11 is 0. The van der Waals surface area contributed by atoms with E-state index >= 15 is 0 Å². The van der Waals surface area contributed by atoms with E-state index in [0.717, 1.165) is 19.3 Å². The van der Waals surface area contributed by atoms with E-state index < -0.39 is 0 Å². The van der Waals surface area contributed by atoms with Crippen molar-refractivity contribution in [3.05, 3.63) is 0 Å². The quantitative estimate of drug-likeness (QED) is 0.467. The fraction of sp³-hybridized carbons (Fsp3) is 0.857. The van der Waals surface area contributed by atoms with Crippen molar-refractivity contribution in [1.82, 2.24) is 4.90 Å². The number of nitrogens with zero attached hydrogens (tertiary/aromatic N) is 1. The summed E-state index contributed by atoms with van der Waals surface area (Å²) in [5.74, 6) is -0.299. The fourth-order valence-electron chi connectivity index (χ4n) is 2.17. The molecule has 0 N–H and O–H groups in total. The molecule has 0 radical (unpaired) electrons. The first kappa shape index (κ1) is 16.9. The Hall–Kier alpha value is -1.14. The van der Waals surface area contributed by atoms with Crippen molar-refractivity contribution in [1.29, 1.82) is 0 Å². The number of ether oxygens (including phenoxy) is 3. The molecule has 0 aromatic heterocycles. The highest BCUT2D eigenvalue weighted by Crippen LogP contribution is 2.15. The summed E-state index contributed by atoms with van der Waals surface area (Å²) in [5, 5.41) is 0. The zero-order valence-electron chi connectivity index (χ0n) is 12.4. The largest absolute Gasteiger partial charge is 0.466 e. The average molecular weight is 287 g/mol. The van der Waals surface area contributed by atoms with Gasteiger partial charge in [-0.05, 0) is 26.2 Å². The predicted octanol–water partition coefficient (Wildman–Crippen LogP) is 0.984. The standard InChI is InChI=1S/C14H25NO5/c1-3-19-13(16)7-9-15(8-5-10-18-2)14(17)12-6-4-11-20-12/h12H,3-11H2,1-2H3. The molecular formula is C14H25NO5. The summed E-state index contributed by atoms with van der Waals surface area (Å²) in [4.78, 5) is 25.4. The van der Waals surface area contributed by atoms with Gasteiger partial charge in [0.25, 0.3) is 5.91 Å². The monoisotopic (exact) mass is 287 g/mol. The van der Waals surface area contributed by atoms with Crippen molar-refractivity contribution in [2.75, 3.05) is 40.0 Å². The van der Waals surface area contributed by atoms with Crippen LogP contribution in [0, 0.1) is 0 Å². The van der Waals surface area contributed by atoms with Crippen molar-refractivity contribution >= 4 is 11.9 Å². The molecule has 20 heavy (non-hydrogen) atoms. The van der Waals surface area contributed by atoms with Crippen molar-refractivity contribution in [2.45, 2.75) is 38.7 Å². The first-order valence-corrected chi connectivity index (χ1v) is 7.24. The number of amides is 1. The maximum absolute atomic E-state index is 12.3. The number of methoxy groups -OCH3 is 1. The van der Waals surface area contributed by atoms with Gasteiger partial charge in [-0.25, -0.2) is 0 Å². The molecule has 0 saturated carbocycles. The number of hydrogen-bond donors (Lipinski definition) is 0. The minimum absolute atomic E-state index is 0.0251. The van der Waals surface area contributed by atoms with Gasteiger partial charge in [-0.2, -0.15) is 0 Å². The van der Waals surface area contributed by atoms with Gasteiger partial charge in [0.1, 0.15) is 6.10 Å². The first-order chi connectivity index (χ1) is 9.69. The van der Waals surface area contributed by atoms with Gasteiger partial charge in [0.05, 0.1) is 13.0 Å². The normalized spacial score (nSPS) is 18.0. The molecule has 6 heteroatoms. The maximum atomic E-state index is 12.3. The van der Waals surface area contributed by atoms with Crippen molar-refractivity contribution in [3.8, 4) is 0 Å². The van der Waals surface area contributed by atoms with E-state index in [1.54, 1.807) is 18.9 Å². The fourth-order valence-corrected chi connectivity index (χ4v) is 2.17. The lowest BCUT2D eigenvalue weighted by molar-refractivity contribution is -0.146. The Morgan fingerprint density at radius 2 is 2.15 bits per heavy atom. The molecule has 1 atom stereocenters. The lowest BCUT2D eigenvalue weighted by Crippen LogP contribution is -2.41. The molecule has 6 nitrogen and oxygen atoms in total. The molecule has 0 aromatic rings. The first-order valence-electron chi connectivity index (χ1n) is 7.24. The minimum Gasteiger partial charge on any atom is -0.466 e. The number of carbonyl (C=O) groups is 2. The third-order valence-corrected chi connectivity index (χ3v) is 3.18. The Morgan fingerprint density at radius 3 is 2.75 bits per heavy atom. The number of hydrogen-bond acceptors (Lipinski definition) is 5. The van der Waals surface area contributed by atoms with Crippen LogP contribution in [-0.2, 0) is 23.8 Å². The van der Waals surface area contributed by atoms with Gasteiger partial charge in [0.2, 0.25) is 0 Å². The van der Waals surface area contributed by atoms with Gasteiger partial charge in [-0.15, -0.1) is 0 Å². The van der Waals surface area contributed by atoms with Gasteiger partial charge >= 0.3 is 5.97 Å². The molecule has 1 fully saturated rings. The van der Waals surface area contributed by atoms with E-state index in [-0.39, 0.29) is 24.4 Å². The molecule has 1 saturated heterocycles. The third-order valence-electron chi connectivity index (χ3n) is 3.18. The lowest BCUT2D eigenvalue weighted by Gasteiger charge is -2.25. The maximum Gasteiger partial charge on any atom is 0.307 e. The summed E-state index contributed by atoms with van der Waals surface area (Å²) in [7, 11) is 1.63. The molecule has 0 bridgehead atoms. The van der Waals surface area contributed by atoms with E-state index in [2.05, 4.69) is 0 Å². The molecular weight excluding hydrogens is 262 g/mol. The lowest BCUT2D eigenvalue weighted by atomic mass is 10.2. The van der Waals surface area contributed by atoms with E-state index in [1.165, 1.54) is 0 Å². The highest BCUT2D eigenvalue weighted by molar-refractivity contribution is 5.81. The van der Waals surface area contributed by atoms with Crippen LogP contribution in [0.2, 0.25) is 0 Å². The summed E-state index contributed by atoms with van der Waals surface area (Å²) in [5.41, 5.74) is 0. The molecule has 1 unspecified atom stereocenters. The van der Waals surface area contributed by atoms with Crippen LogP contribution in [0.3, 0.4) is 0 Å². The van der Waals surface area contributed by atoms with Gasteiger partial charge in [-0.1, -0.05) is 0 Å². The Kier molecular flexibility index (Phi) is 8.22. The SMILES string of the molecule is CCOC(=O)CCN(CCCOC)C(=O)C1CCCO1. The number of carbonyl (C=O) groups excluding carboxylic acids is 2. The Labute approximate surface area is 120 Å². The van der Waals surface area contributed by atoms with E-state index in [0.29, 0.717) is 32.9 Å². The number of esters is 1. The molecule has 0 spiro atoms. The Bertz CT molecular complexity index is 302. The highest BCUT2D eigenvalue weighted by Gasteiger charge is 2.28. The van der Waals surface area contributed by atoms with E-state index in [1.807, 2.05) is 0 Å². The predicted molar refractivity (Wildman–Crippen MR) is 73.3 cm³/mol. The van der Waals surface area contributed by atoms with Crippen LogP contribution in [-0.4, -0.2) is 62.9 Å². The van der Waals surface area contributed by atoms with E-state index in [4.69, 9.17) is 14.2 Å². The zero-order valence-corrected chi connectivity index (χ0v) is 12.4. The summed E-state index contributed by atoms with van der Waals surface area (Å²) in [6, 6.07) is 0. The Morgan fingerprint density at radius 1 is 1.35 bits per heavy atom. The van der Waals surface area contributed by atoms with Gasteiger partial charge in [0, 0.05) is 33.4 Å². The van der Waals surface area contributed by atoms with Crippen molar-refractivity contribution in [3.63, 3.8) is 0 Å². The molecule has 0 aliphatic carbocycles. The van der Waals surface area contributed by atoms with E-state index in [9.17, 15) is 9.59 Å². The molecule has 1 aliphatic rings. The second-order valence-corrected chi connectivity index (χ2v) is 4.73. The minimum atomic E-state index is -0.347. The second kappa shape index (κ2) is 9.72. The molecule has 1 aliphatic heterocycles. The number of rotatable bonds is 9. The molecule has 1 heterocycles. The van der Waals surface area contributed by atoms with Gasteiger partial charge in [-0.3, -0.25) is 9.59 Å².